The van der Waals surface area contributed by atoms with Crippen LogP contribution in [0.5, 0.6) is 5.75 Å². The lowest BCUT2D eigenvalue weighted by atomic mass is 10.0. The highest BCUT2D eigenvalue weighted by Gasteiger charge is 2.29. The Morgan fingerprint density at radius 2 is 2.08 bits per heavy atom. The minimum atomic E-state index is -2.88. The highest BCUT2D eigenvalue weighted by Crippen LogP contribution is 2.31. The number of amides is 1. The van der Waals surface area contributed by atoms with Crippen LogP contribution in [-0.4, -0.2) is 23.4 Å². The van der Waals surface area contributed by atoms with Crippen molar-refractivity contribution in [2.75, 3.05) is 11.9 Å². The molecule has 6 heteroatoms. The number of nitrogens with one attached hydrogen (secondary N) is 1. The van der Waals surface area contributed by atoms with Crippen molar-refractivity contribution in [1.82, 2.24) is 4.98 Å². The first-order valence-corrected chi connectivity index (χ1v) is 8.76. The second kappa shape index (κ2) is 7.40. The first-order valence-electron chi connectivity index (χ1n) is 8.76. The summed E-state index contributed by atoms with van der Waals surface area (Å²) in [6, 6.07) is 9.12. The molecular weight excluding hydrogens is 338 g/mol. The van der Waals surface area contributed by atoms with E-state index in [0.717, 1.165) is 48.7 Å². The number of rotatable bonds is 7. The fraction of sp³-hybridized carbons (Fsp3) is 0.400. The number of aromatic nitrogens is 1. The quantitative estimate of drug-likeness (QED) is 0.779. The summed E-state index contributed by atoms with van der Waals surface area (Å²) in [6.07, 6.45) is 4.16. The molecule has 4 nitrogen and oxygen atoms in total. The Hall–Kier alpha value is -2.50. The molecule has 0 spiro atoms. The molecule has 138 valence electrons. The van der Waals surface area contributed by atoms with Gasteiger partial charge in [0, 0.05) is 24.1 Å². The van der Waals surface area contributed by atoms with Crippen LogP contribution >= 0.6 is 0 Å². The van der Waals surface area contributed by atoms with E-state index >= 15 is 0 Å². The van der Waals surface area contributed by atoms with Gasteiger partial charge in [-0.05, 0) is 49.1 Å². The Kier molecular flexibility index (Phi) is 5.20. The second-order valence-corrected chi connectivity index (χ2v) is 6.73. The molecule has 1 aromatic carbocycles. The molecule has 2 aromatic rings. The van der Waals surface area contributed by atoms with Gasteiger partial charge in [-0.15, -0.1) is 0 Å². The number of carbonyl (C=O) groups excluding carboxylic acids is 1. The van der Waals surface area contributed by atoms with E-state index in [4.69, 9.17) is 4.74 Å². The smallest absolute Gasteiger partial charge is 0.278 e. The third-order valence-corrected chi connectivity index (χ3v) is 4.21. The van der Waals surface area contributed by atoms with Gasteiger partial charge in [0.05, 0.1) is 11.9 Å². The van der Waals surface area contributed by atoms with Crippen LogP contribution in [0.15, 0.2) is 36.5 Å². The van der Waals surface area contributed by atoms with Crippen LogP contribution in [0, 0.1) is 5.92 Å². The van der Waals surface area contributed by atoms with Crippen LogP contribution in [0.2, 0.25) is 0 Å². The van der Waals surface area contributed by atoms with Crippen molar-refractivity contribution in [2.45, 2.75) is 39.0 Å². The van der Waals surface area contributed by atoms with Crippen molar-refractivity contribution in [1.29, 1.82) is 0 Å². The van der Waals surface area contributed by atoms with Crippen LogP contribution in [0.1, 0.15) is 32.3 Å². The lowest BCUT2D eigenvalue weighted by Gasteiger charge is -2.13. The molecule has 1 aliphatic rings. The van der Waals surface area contributed by atoms with Gasteiger partial charge in [-0.1, -0.05) is 13.0 Å². The molecule has 0 bridgehead atoms. The largest absolute Gasteiger partial charge is 0.486 e. The number of ether oxygens (including phenoxy) is 1. The number of alkyl halides is 2. The van der Waals surface area contributed by atoms with Crippen LogP contribution in [0.25, 0.3) is 11.3 Å². The number of hydrogen-bond acceptors (Lipinski definition) is 3. The van der Waals surface area contributed by atoms with Gasteiger partial charge in [0.15, 0.2) is 6.61 Å². The van der Waals surface area contributed by atoms with Gasteiger partial charge in [-0.3, -0.25) is 9.78 Å². The Labute approximate surface area is 151 Å². The third kappa shape index (κ3) is 4.77. The molecule has 0 atom stereocenters. The molecule has 1 aromatic heterocycles. The SMILES string of the molecule is CCc1cc(NC(=O)C2CC2)ccc1-c1ccc(OCC(C)(F)F)cn1. The number of anilines is 1. The van der Waals surface area contributed by atoms with Crippen molar-refractivity contribution in [2.24, 2.45) is 5.92 Å². The number of benzene rings is 1. The van der Waals surface area contributed by atoms with Crippen molar-refractivity contribution in [3.05, 3.63) is 42.1 Å². The van der Waals surface area contributed by atoms with Crippen molar-refractivity contribution in [3.63, 3.8) is 0 Å². The predicted octanol–water partition coefficient (Wildman–Crippen LogP) is 4.69. The summed E-state index contributed by atoms with van der Waals surface area (Å²) in [5.74, 6) is -2.34. The topological polar surface area (TPSA) is 51.2 Å². The van der Waals surface area contributed by atoms with Crippen molar-refractivity contribution < 1.29 is 18.3 Å². The zero-order valence-electron chi connectivity index (χ0n) is 14.9. The number of aryl methyl sites for hydroxylation is 1. The second-order valence-electron chi connectivity index (χ2n) is 6.73. The minimum Gasteiger partial charge on any atom is -0.486 e. The monoisotopic (exact) mass is 360 g/mol. The predicted molar refractivity (Wildman–Crippen MR) is 96.5 cm³/mol. The van der Waals surface area contributed by atoms with E-state index in [1.165, 1.54) is 6.20 Å². The zero-order valence-corrected chi connectivity index (χ0v) is 14.9. The molecule has 1 aliphatic carbocycles. The summed E-state index contributed by atoms with van der Waals surface area (Å²) in [6.45, 7) is 2.17. The summed E-state index contributed by atoms with van der Waals surface area (Å²) in [5, 5.41) is 2.95. The van der Waals surface area contributed by atoms with E-state index in [1.807, 2.05) is 25.1 Å². The molecule has 26 heavy (non-hydrogen) atoms. The zero-order chi connectivity index (χ0) is 18.7. The molecular formula is C20H22F2N2O2. The standard InChI is InChI=1S/C20H22F2N2O2/c1-3-13-10-15(24-19(25)14-4-5-14)6-8-17(13)18-9-7-16(11-23-18)26-12-20(2,21)22/h6-11,14H,3-5,12H2,1-2H3,(H,24,25). The summed E-state index contributed by atoms with van der Waals surface area (Å²) < 4.78 is 30.8. The molecule has 1 fully saturated rings. The van der Waals surface area contributed by atoms with Crippen LogP contribution < -0.4 is 10.1 Å². The molecule has 0 unspecified atom stereocenters. The van der Waals surface area contributed by atoms with Crippen molar-refractivity contribution in [3.8, 4) is 17.0 Å². The molecule has 1 amide bonds. The number of hydrogen-bond donors (Lipinski definition) is 1. The van der Waals surface area contributed by atoms with E-state index in [0.29, 0.717) is 5.75 Å². The maximum absolute atomic E-state index is 12.9. The molecule has 0 radical (unpaired) electrons. The Bertz CT molecular complexity index is 781. The molecule has 0 aliphatic heterocycles. The maximum Gasteiger partial charge on any atom is 0.278 e. The summed E-state index contributed by atoms with van der Waals surface area (Å²) in [7, 11) is 0. The number of pyridine rings is 1. The van der Waals surface area contributed by atoms with E-state index < -0.39 is 12.5 Å². The number of nitrogens with zero attached hydrogens (tertiary/aromatic N) is 1. The lowest BCUT2D eigenvalue weighted by Crippen LogP contribution is -2.20. The first kappa shape index (κ1) is 18.3. The van der Waals surface area contributed by atoms with Gasteiger partial charge in [-0.2, -0.15) is 0 Å². The summed E-state index contributed by atoms with van der Waals surface area (Å²) in [4.78, 5) is 16.2. The molecule has 1 heterocycles. The highest BCUT2D eigenvalue weighted by molar-refractivity contribution is 5.94. The van der Waals surface area contributed by atoms with Crippen LogP contribution in [0.3, 0.4) is 0 Å². The van der Waals surface area contributed by atoms with Crippen LogP contribution in [-0.2, 0) is 11.2 Å². The first-order chi connectivity index (χ1) is 12.4. The summed E-state index contributed by atoms with van der Waals surface area (Å²) >= 11 is 0. The average Bonchev–Trinajstić information content (AvgIpc) is 3.45. The Balaban J connectivity index is 1.74. The highest BCUT2D eigenvalue weighted by atomic mass is 19.3. The molecule has 0 saturated heterocycles. The fourth-order valence-corrected chi connectivity index (χ4v) is 2.64. The van der Waals surface area contributed by atoms with Gasteiger partial charge >= 0.3 is 0 Å². The summed E-state index contributed by atoms with van der Waals surface area (Å²) in [5.41, 5.74) is 3.52. The Morgan fingerprint density at radius 1 is 1.31 bits per heavy atom. The molecule has 3 rings (SSSR count). The van der Waals surface area contributed by atoms with Gasteiger partial charge in [-0.25, -0.2) is 8.78 Å². The lowest BCUT2D eigenvalue weighted by molar-refractivity contribution is -0.117. The Morgan fingerprint density at radius 3 is 2.65 bits per heavy atom. The van der Waals surface area contributed by atoms with E-state index in [2.05, 4.69) is 10.3 Å². The maximum atomic E-state index is 12.9. The normalized spacial score (nSPS) is 14.2. The van der Waals surface area contributed by atoms with Gasteiger partial charge in [0.25, 0.3) is 5.92 Å². The van der Waals surface area contributed by atoms with Crippen LogP contribution in [0.4, 0.5) is 14.5 Å². The van der Waals surface area contributed by atoms with Crippen molar-refractivity contribution >= 4 is 11.6 Å². The number of carbonyl (C=O) groups is 1. The molecule has 1 N–H and O–H groups in total. The molecule has 1 saturated carbocycles. The minimum absolute atomic E-state index is 0.0761. The van der Waals surface area contributed by atoms with Gasteiger partial charge in [0.1, 0.15) is 5.75 Å². The van der Waals surface area contributed by atoms with Gasteiger partial charge < -0.3 is 10.1 Å². The average molecular weight is 360 g/mol. The van der Waals surface area contributed by atoms with Gasteiger partial charge in [0.2, 0.25) is 5.91 Å². The van der Waals surface area contributed by atoms with E-state index in [1.54, 1.807) is 12.1 Å². The third-order valence-electron chi connectivity index (χ3n) is 4.21. The number of halogens is 2. The fourth-order valence-electron chi connectivity index (χ4n) is 2.64. The van der Waals surface area contributed by atoms with E-state index in [9.17, 15) is 13.6 Å². The van der Waals surface area contributed by atoms with E-state index in [-0.39, 0.29) is 11.8 Å².